The number of rotatable bonds is 5. The van der Waals surface area contributed by atoms with Crippen LogP contribution in [0.1, 0.15) is 6.92 Å². The molecule has 5 nitrogen and oxygen atoms in total. The molecule has 1 heterocycles. The lowest BCUT2D eigenvalue weighted by Gasteiger charge is -2.38. The number of nitrogens with zero attached hydrogens (tertiary/aromatic N) is 2. The van der Waals surface area contributed by atoms with Gasteiger partial charge in [0.2, 0.25) is 5.91 Å². The maximum atomic E-state index is 12.6. The lowest BCUT2D eigenvalue weighted by molar-refractivity contribution is -0.120. The van der Waals surface area contributed by atoms with E-state index in [9.17, 15) is 4.79 Å². The van der Waals surface area contributed by atoms with Gasteiger partial charge in [0.1, 0.15) is 5.75 Å². The first-order valence-electron chi connectivity index (χ1n) is 8.87. The van der Waals surface area contributed by atoms with Crippen molar-refractivity contribution in [1.82, 2.24) is 4.90 Å². The molecule has 3 rings (SSSR count). The minimum absolute atomic E-state index is 0.0533. The standard InChI is InChI=1S/C20H23Cl2N3O2/c1-14(20(26)23-15-7-8-19(27-2)17(22)13-15)24-9-11-25(12-10-24)18-6-4-3-5-16(18)21/h3-8,13-14H,9-12H2,1-2H3,(H,23,26)/t14-/m1/s1. The van der Waals surface area contributed by atoms with Crippen molar-refractivity contribution >= 4 is 40.5 Å². The Morgan fingerprint density at radius 3 is 2.41 bits per heavy atom. The molecule has 0 saturated carbocycles. The molecule has 1 aliphatic heterocycles. The molecule has 1 fully saturated rings. The quantitative estimate of drug-likeness (QED) is 0.808. The Morgan fingerprint density at radius 1 is 1.07 bits per heavy atom. The van der Waals surface area contributed by atoms with E-state index in [2.05, 4.69) is 15.1 Å². The van der Waals surface area contributed by atoms with Crippen LogP contribution in [0, 0.1) is 0 Å². The molecule has 1 aliphatic rings. The molecule has 0 radical (unpaired) electrons. The Balaban J connectivity index is 1.57. The van der Waals surface area contributed by atoms with Gasteiger partial charge in [-0.25, -0.2) is 0 Å². The smallest absolute Gasteiger partial charge is 0.241 e. The molecule has 0 bridgehead atoms. The SMILES string of the molecule is COc1ccc(NC(=O)[C@@H](C)N2CCN(c3ccccc3Cl)CC2)cc1Cl. The van der Waals surface area contributed by atoms with Crippen LogP contribution in [0.2, 0.25) is 10.0 Å². The van der Waals surface area contributed by atoms with Gasteiger partial charge in [-0.2, -0.15) is 0 Å². The summed E-state index contributed by atoms with van der Waals surface area (Å²) in [4.78, 5) is 17.1. The largest absolute Gasteiger partial charge is 0.495 e. The summed E-state index contributed by atoms with van der Waals surface area (Å²) in [6, 6.07) is 12.8. The van der Waals surface area contributed by atoms with Gasteiger partial charge in [-0.15, -0.1) is 0 Å². The third-order valence-corrected chi connectivity index (χ3v) is 5.47. The molecular weight excluding hydrogens is 385 g/mol. The van der Waals surface area contributed by atoms with Gasteiger partial charge in [0, 0.05) is 31.9 Å². The molecule has 1 saturated heterocycles. The third kappa shape index (κ3) is 4.67. The van der Waals surface area contributed by atoms with Gasteiger partial charge >= 0.3 is 0 Å². The summed E-state index contributed by atoms with van der Waals surface area (Å²) < 4.78 is 5.14. The second-order valence-corrected chi connectivity index (χ2v) is 7.30. The van der Waals surface area contributed by atoms with Crippen LogP contribution >= 0.6 is 23.2 Å². The van der Waals surface area contributed by atoms with Crippen molar-refractivity contribution in [1.29, 1.82) is 0 Å². The molecule has 0 aromatic heterocycles. The zero-order chi connectivity index (χ0) is 19.4. The van der Waals surface area contributed by atoms with Crippen LogP contribution in [0.4, 0.5) is 11.4 Å². The number of hydrogen-bond donors (Lipinski definition) is 1. The van der Waals surface area contributed by atoms with Crippen LogP contribution in [0.3, 0.4) is 0 Å². The fourth-order valence-electron chi connectivity index (χ4n) is 3.21. The molecule has 144 valence electrons. The van der Waals surface area contributed by atoms with Gasteiger partial charge in [-0.05, 0) is 37.3 Å². The number of anilines is 2. The van der Waals surface area contributed by atoms with Crippen molar-refractivity contribution in [3.63, 3.8) is 0 Å². The first-order valence-corrected chi connectivity index (χ1v) is 9.63. The maximum absolute atomic E-state index is 12.6. The van der Waals surface area contributed by atoms with E-state index in [1.165, 1.54) is 0 Å². The third-order valence-electron chi connectivity index (χ3n) is 4.85. The van der Waals surface area contributed by atoms with Crippen LogP contribution in [-0.4, -0.2) is 50.1 Å². The molecule has 0 spiro atoms. The van der Waals surface area contributed by atoms with Crippen LogP contribution < -0.4 is 15.0 Å². The monoisotopic (exact) mass is 407 g/mol. The van der Waals surface area contributed by atoms with Gasteiger partial charge in [0.15, 0.2) is 0 Å². The Bertz CT molecular complexity index is 808. The number of benzene rings is 2. The average molecular weight is 408 g/mol. The summed E-state index contributed by atoms with van der Waals surface area (Å²) in [6.07, 6.45) is 0. The van der Waals surface area contributed by atoms with Crippen LogP contribution in [0.15, 0.2) is 42.5 Å². The number of ether oxygens (including phenoxy) is 1. The lowest BCUT2D eigenvalue weighted by Crippen LogP contribution is -2.52. The minimum atomic E-state index is -0.237. The van der Waals surface area contributed by atoms with E-state index in [0.29, 0.717) is 16.5 Å². The number of hydrogen-bond acceptors (Lipinski definition) is 4. The minimum Gasteiger partial charge on any atom is -0.495 e. The number of nitrogens with one attached hydrogen (secondary N) is 1. The van der Waals surface area contributed by atoms with E-state index in [-0.39, 0.29) is 11.9 Å². The molecule has 7 heteroatoms. The van der Waals surface area contributed by atoms with Gasteiger partial charge in [0.25, 0.3) is 0 Å². The van der Waals surface area contributed by atoms with Gasteiger partial charge < -0.3 is 15.0 Å². The summed E-state index contributed by atoms with van der Waals surface area (Å²) in [6.45, 7) is 5.17. The Kier molecular flexibility index (Phi) is 6.47. The number of carbonyl (C=O) groups excluding carboxylic acids is 1. The number of carbonyl (C=O) groups is 1. The van der Waals surface area contributed by atoms with Gasteiger partial charge in [-0.1, -0.05) is 35.3 Å². The molecule has 2 aromatic rings. The molecular formula is C20H23Cl2N3O2. The highest BCUT2D eigenvalue weighted by Crippen LogP contribution is 2.28. The van der Waals surface area contributed by atoms with Crippen LogP contribution in [0.25, 0.3) is 0 Å². The molecule has 0 aliphatic carbocycles. The zero-order valence-corrected chi connectivity index (χ0v) is 16.9. The van der Waals surface area contributed by atoms with E-state index in [1.807, 2.05) is 31.2 Å². The van der Waals surface area contributed by atoms with Gasteiger partial charge in [0.05, 0.1) is 28.9 Å². The van der Waals surface area contributed by atoms with Crippen molar-refractivity contribution in [2.45, 2.75) is 13.0 Å². The molecule has 1 N–H and O–H groups in total. The van der Waals surface area contributed by atoms with Crippen molar-refractivity contribution in [2.75, 3.05) is 43.5 Å². The number of methoxy groups -OCH3 is 1. The topological polar surface area (TPSA) is 44.8 Å². The maximum Gasteiger partial charge on any atom is 0.241 e. The summed E-state index contributed by atoms with van der Waals surface area (Å²) >= 11 is 12.4. The number of halogens is 2. The number of piperazine rings is 1. The molecule has 1 amide bonds. The Morgan fingerprint density at radius 2 is 1.78 bits per heavy atom. The van der Waals surface area contributed by atoms with E-state index < -0.39 is 0 Å². The Labute approximate surface area is 169 Å². The molecule has 0 unspecified atom stereocenters. The molecule has 27 heavy (non-hydrogen) atoms. The van der Waals surface area contributed by atoms with E-state index in [0.717, 1.165) is 36.9 Å². The van der Waals surface area contributed by atoms with Crippen LogP contribution in [-0.2, 0) is 4.79 Å². The van der Waals surface area contributed by atoms with Crippen molar-refractivity contribution < 1.29 is 9.53 Å². The zero-order valence-electron chi connectivity index (χ0n) is 15.4. The number of amides is 1. The number of para-hydroxylation sites is 1. The van der Waals surface area contributed by atoms with Crippen molar-refractivity contribution in [2.24, 2.45) is 0 Å². The average Bonchev–Trinajstić information content (AvgIpc) is 2.68. The van der Waals surface area contributed by atoms with Crippen molar-refractivity contribution in [3.05, 3.63) is 52.5 Å². The van der Waals surface area contributed by atoms with Crippen molar-refractivity contribution in [3.8, 4) is 5.75 Å². The van der Waals surface area contributed by atoms with Gasteiger partial charge in [-0.3, -0.25) is 9.69 Å². The summed E-state index contributed by atoms with van der Waals surface area (Å²) in [5.41, 5.74) is 1.70. The predicted octanol–water partition coefficient (Wildman–Crippen LogP) is 4.15. The van der Waals surface area contributed by atoms with E-state index in [4.69, 9.17) is 27.9 Å². The predicted molar refractivity (Wildman–Crippen MR) is 111 cm³/mol. The van der Waals surface area contributed by atoms with E-state index in [1.54, 1.807) is 25.3 Å². The fourth-order valence-corrected chi connectivity index (χ4v) is 3.73. The first kappa shape index (κ1) is 19.8. The van der Waals surface area contributed by atoms with E-state index >= 15 is 0 Å². The van der Waals surface area contributed by atoms with Crippen LogP contribution in [0.5, 0.6) is 5.75 Å². The highest BCUT2D eigenvalue weighted by atomic mass is 35.5. The highest BCUT2D eigenvalue weighted by Gasteiger charge is 2.26. The second-order valence-electron chi connectivity index (χ2n) is 6.49. The first-order chi connectivity index (χ1) is 13.0. The lowest BCUT2D eigenvalue weighted by atomic mass is 10.2. The highest BCUT2D eigenvalue weighted by molar-refractivity contribution is 6.33. The molecule has 1 atom stereocenters. The fraction of sp³-hybridized carbons (Fsp3) is 0.350. The normalized spacial score (nSPS) is 16.1. The summed E-state index contributed by atoms with van der Waals surface area (Å²) in [5.74, 6) is 0.529. The Hall–Kier alpha value is -1.95. The second kappa shape index (κ2) is 8.83. The summed E-state index contributed by atoms with van der Waals surface area (Å²) in [7, 11) is 1.56. The summed E-state index contributed by atoms with van der Waals surface area (Å²) in [5, 5.41) is 4.15. The molecule has 2 aromatic carbocycles.